The Kier molecular flexibility index (Phi) is 5.55. The van der Waals surface area contributed by atoms with Crippen molar-refractivity contribution in [2.75, 3.05) is 25.4 Å². The van der Waals surface area contributed by atoms with E-state index < -0.39 is 5.25 Å². The van der Waals surface area contributed by atoms with Gasteiger partial charge in [0.1, 0.15) is 0 Å². The molecule has 0 bridgehead atoms. The molecule has 0 aliphatic carbocycles. The minimum Gasteiger partial charge on any atom is -0.493 e. The van der Waals surface area contributed by atoms with Crippen LogP contribution in [0.3, 0.4) is 0 Å². The van der Waals surface area contributed by atoms with E-state index in [1.54, 1.807) is 44.4 Å². The standard InChI is InChI=1S/C17H19N5O4S/c1-10(16(23)19-11-6-7-12(24-2)14(9-11)25-3)27-17-21-20-15(22(17)18)13-5-4-8-26-13/h4-10H,18H2,1-3H3,(H,19,23)/t10-/m0/s1. The van der Waals surface area contributed by atoms with Crippen LogP contribution in [0.15, 0.2) is 46.2 Å². The Morgan fingerprint density at radius 1 is 1.26 bits per heavy atom. The number of nitrogens with one attached hydrogen (secondary N) is 1. The van der Waals surface area contributed by atoms with Gasteiger partial charge in [0.2, 0.25) is 16.9 Å². The smallest absolute Gasteiger partial charge is 0.237 e. The lowest BCUT2D eigenvalue weighted by molar-refractivity contribution is -0.115. The summed E-state index contributed by atoms with van der Waals surface area (Å²) in [6.07, 6.45) is 1.52. The number of furan rings is 1. The first-order valence-electron chi connectivity index (χ1n) is 7.97. The average Bonchev–Trinajstić information content (AvgIpc) is 3.32. The third-order valence-corrected chi connectivity index (χ3v) is 4.77. The van der Waals surface area contributed by atoms with Crippen LogP contribution in [0.1, 0.15) is 6.92 Å². The van der Waals surface area contributed by atoms with Gasteiger partial charge in [0.05, 0.1) is 25.7 Å². The number of aromatic nitrogens is 3. The van der Waals surface area contributed by atoms with E-state index >= 15 is 0 Å². The number of hydrogen-bond donors (Lipinski definition) is 2. The van der Waals surface area contributed by atoms with E-state index in [2.05, 4.69) is 15.5 Å². The average molecular weight is 389 g/mol. The first kappa shape index (κ1) is 18.6. The van der Waals surface area contributed by atoms with E-state index in [9.17, 15) is 4.79 Å². The maximum Gasteiger partial charge on any atom is 0.237 e. The van der Waals surface area contributed by atoms with Gasteiger partial charge in [-0.25, -0.2) is 4.68 Å². The number of carbonyl (C=O) groups is 1. The van der Waals surface area contributed by atoms with E-state index in [0.717, 1.165) is 0 Å². The van der Waals surface area contributed by atoms with Gasteiger partial charge in [-0.1, -0.05) is 11.8 Å². The summed E-state index contributed by atoms with van der Waals surface area (Å²) in [4.78, 5) is 12.5. The number of nitrogens with two attached hydrogens (primary N) is 1. The predicted octanol–water partition coefficient (Wildman–Crippen LogP) is 2.39. The van der Waals surface area contributed by atoms with Crippen LogP contribution in [0.5, 0.6) is 11.5 Å². The maximum atomic E-state index is 12.5. The number of rotatable bonds is 7. The summed E-state index contributed by atoms with van der Waals surface area (Å²) in [5.41, 5.74) is 0.593. The molecule has 0 fully saturated rings. The van der Waals surface area contributed by atoms with Gasteiger partial charge in [-0.2, -0.15) is 0 Å². The van der Waals surface area contributed by atoms with Gasteiger partial charge in [0, 0.05) is 11.8 Å². The second kappa shape index (κ2) is 8.04. The van der Waals surface area contributed by atoms with E-state index in [4.69, 9.17) is 19.7 Å². The van der Waals surface area contributed by atoms with Crippen molar-refractivity contribution in [2.24, 2.45) is 0 Å². The van der Waals surface area contributed by atoms with Gasteiger partial charge in [-0.15, -0.1) is 10.2 Å². The monoisotopic (exact) mass is 389 g/mol. The molecule has 3 N–H and O–H groups in total. The highest BCUT2D eigenvalue weighted by atomic mass is 32.2. The summed E-state index contributed by atoms with van der Waals surface area (Å²) in [6.45, 7) is 1.75. The van der Waals surface area contributed by atoms with E-state index in [-0.39, 0.29) is 5.91 Å². The van der Waals surface area contributed by atoms with Crippen molar-refractivity contribution in [3.63, 3.8) is 0 Å². The minimum absolute atomic E-state index is 0.213. The Labute approximate surface area is 159 Å². The predicted molar refractivity (Wildman–Crippen MR) is 101 cm³/mol. The molecule has 0 aliphatic rings. The van der Waals surface area contributed by atoms with Gasteiger partial charge < -0.3 is 25.1 Å². The molecule has 0 radical (unpaired) electrons. The molecular weight excluding hydrogens is 370 g/mol. The van der Waals surface area contributed by atoms with Crippen molar-refractivity contribution in [1.82, 2.24) is 14.9 Å². The Morgan fingerprint density at radius 3 is 2.70 bits per heavy atom. The molecule has 3 rings (SSSR count). The zero-order valence-corrected chi connectivity index (χ0v) is 15.8. The highest BCUT2D eigenvalue weighted by Gasteiger charge is 2.21. The first-order valence-corrected chi connectivity index (χ1v) is 8.85. The summed E-state index contributed by atoms with van der Waals surface area (Å²) in [5, 5.41) is 10.8. The first-order chi connectivity index (χ1) is 13.0. The molecule has 1 aromatic carbocycles. The molecule has 142 valence electrons. The molecule has 27 heavy (non-hydrogen) atoms. The van der Waals surface area contributed by atoms with Crippen LogP contribution in [-0.4, -0.2) is 40.3 Å². The van der Waals surface area contributed by atoms with Crippen LogP contribution in [0, 0.1) is 0 Å². The Bertz CT molecular complexity index is 926. The lowest BCUT2D eigenvalue weighted by Crippen LogP contribution is -2.23. The number of nitrogen functional groups attached to an aromatic ring is 1. The number of thioether (sulfide) groups is 1. The quantitative estimate of drug-likeness (QED) is 0.467. The summed E-state index contributed by atoms with van der Waals surface area (Å²) in [5.74, 6) is 7.80. The normalized spacial score (nSPS) is 11.8. The van der Waals surface area contributed by atoms with Gasteiger partial charge in [0.15, 0.2) is 17.3 Å². The molecule has 9 nitrogen and oxygen atoms in total. The highest BCUT2D eigenvalue weighted by molar-refractivity contribution is 8.00. The van der Waals surface area contributed by atoms with E-state index in [1.165, 1.54) is 29.8 Å². The highest BCUT2D eigenvalue weighted by Crippen LogP contribution is 2.30. The fraction of sp³-hybridized carbons (Fsp3) is 0.235. The zero-order chi connectivity index (χ0) is 19.4. The molecule has 0 aliphatic heterocycles. The third-order valence-electron chi connectivity index (χ3n) is 3.71. The molecule has 1 amide bonds. The van der Waals surface area contributed by atoms with Crippen LogP contribution in [0.25, 0.3) is 11.6 Å². The van der Waals surface area contributed by atoms with E-state index in [1.807, 2.05) is 0 Å². The number of amides is 1. The maximum absolute atomic E-state index is 12.5. The van der Waals surface area contributed by atoms with E-state index in [0.29, 0.717) is 33.9 Å². The summed E-state index contributed by atoms with van der Waals surface area (Å²) >= 11 is 1.19. The Morgan fingerprint density at radius 2 is 2.04 bits per heavy atom. The van der Waals surface area contributed by atoms with Crippen molar-refractivity contribution in [2.45, 2.75) is 17.3 Å². The van der Waals surface area contributed by atoms with Crippen molar-refractivity contribution in [1.29, 1.82) is 0 Å². The summed E-state index contributed by atoms with van der Waals surface area (Å²) in [6, 6.07) is 8.61. The van der Waals surface area contributed by atoms with Crippen molar-refractivity contribution in [3.05, 3.63) is 36.6 Å². The molecule has 3 aromatic rings. The second-order valence-corrected chi connectivity index (χ2v) is 6.78. The summed E-state index contributed by atoms with van der Waals surface area (Å²) < 4.78 is 17.0. The number of benzene rings is 1. The largest absolute Gasteiger partial charge is 0.493 e. The molecule has 1 atom stereocenters. The van der Waals surface area contributed by atoms with Gasteiger partial charge in [-0.3, -0.25) is 4.79 Å². The molecular formula is C17H19N5O4S. The fourth-order valence-corrected chi connectivity index (χ4v) is 3.07. The van der Waals surface area contributed by atoms with Crippen LogP contribution in [-0.2, 0) is 4.79 Å². The van der Waals surface area contributed by atoms with Crippen molar-refractivity contribution >= 4 is 23.4 Å². The lowest BCUT2D eigenvalue weighted by atomic mass is 10.2. The molecule has 2 aromatic heterocycles. The lowest BCUT2D eigenvalue weighted by Gasteiger charge is -2.13. The number of carbonyl (C=O) groups excluding carboxylic acids is 1. The molecule has 0 saturated carbocycles. The topological polar surface area (TPSA) is 117 Å². The SMILES string of the molecule is COc1ccc(NC(=O)[C@H](C)Sc2nnc(-c3ccco3)n2N)cc1OC. The number of ether oxygens (including phenoxy) is 2. The number of nitrogens with zero attached hydrogens (tertiary/aromatic N) is 3. The van der Waals surface area contributed by atoms with Crippen LogP contribution >= 0.6 is 11.8 Å². The Hall–Kier alpha value is -3.14. The number of hydrogen-bond acceptors (Lipinski definition) is 8. The third kappa shape index (κ3) is 4.00. The second-order valence-electron chi connectivity index (χ2n) is 5.47. The van der Waals surface area contributed by atoms with Crippen LogP contribution in [0.2, 0.25) is 0 Å². The van der Waals surface area contributed by atoms with Crippen molar-refractivity contribution < 1.29 is 18.7 Å². The molecule has 2 heterocycles. The van der Waals surface area contributed by atoms with Gasteiger partial charge in [-0.05, 0) is 31.2 Å². The number of methoxy groups -OCH3 is 2. The van der Waals surface area contributed by atoms with Crippen LogP contribution in [0.4, 0.5) is 5.69 Å². The van der Waals surface area contributed by atoms with Gasteiger partial charge in [0.25, 0.3) is 0 Å². The summed E-state index contributed by atoms with van der Waals surface area (Å²) in [7, 11) is 3.08. The number of anilines is 1. The van der Waals surface area contributed by atoms with Gasteiger partial charge >= 0.3 is 0 Å². The molecule has 10 heteroatoms. The van der Waals surface area contributed by atoms with Crippen molar-refractivity contribution in [3.8, 4) is 23.1 Å². The molecule has 0 saturated heterocycles. The molecule has 0 spiro atoms. The zero-order valence-electron chi connectivity index (χ0n) is 15.0. The minimum atomic E-state index is -0.464. The van der Waals surface area contributed by atoms with Crippen LogP contribution < -0.4 is 20.6 Å². The fourth-order valence-electron chi connectivity index (χ4n) is 2.30. The Balaban J connectivity index is 1.68. The molecule has 0 unspecified atom stereocenters.